The summed E-state index contributed by atoms with van der Waals surface area (Å²) in [5, 5.41) is 2.86. The van der Waals surface area contributed by atoms with Crippen LogP contribution >= 0.6 is 0 Å². The SMILES string of the molecule is CCc1ccc(NC(=O)CCOc2ccc(OC)cc2)cc1. The van der Waals surface area contributed by atoms with Gasteiger partial charge in [-0.2, -0.15) is 0 Å². The van der Waals surface area contributed by atoms with Crippen molar-refractivity contribution in [2.45, 2.75) is 19.8 Å². The Labute approximate surface area is 131 Å². The molecule has 0 aliphatic rings. The van der Waals surface area contributed by atoms with Gasteiger partial charge in [-0.25, -0.2) is 0 Å². The predicted molar refractivity (Wildman–Crippen MR) is 87.6 cm³/mol. The van der Waals surface area contributed by atoms with E-state index in [9.17, 15) is 4.79 Å². The lowest BCUT2D eigenvalue weighted by molar-refractivity contribution is -0.116. The Bertz CT molecular complexity index is 591. The molecule has 4 nitrogen and oxygen atoms in total. The summed E-state index contributed by atoms with van der Waals surface area (Å²) in [5.41, 5.74) is 2.06. The normalized spacial score (nSPS) is 10.1. The molecule has 2 aromatic rings. The molecule has 0 spiro atoms. The van der Waals surface area contributed by atoms with Crippen molar-refractivity contribution in [1.29, 1.82) is 0 Å². The zero-order valence-electron chi connectivity index (χ0n) is 13.0. The fourth-order valence-electron chi connectivity index (χ4n) is 1.98. The smallest absolute Gasteiger partial charge is 0.227 e. The van der Waals surface area contributed by atoms with E-state index in [4.69, 9.17) is 9.47 Å². The minimum absolute atomic E-state index is 0.0576. The lowest BCUT2D eigenvalue weighted by Crippen LogP contribution is -2.15. The second-order valence-electron chi connectivity index (χ2n) is 4.87. The maximum atomic E-state index is 11.8. The maximum Gasteiger partial charge on any atom is 0.227 e. The molecule has 2 rings (SSSR count). The van der Waals surface area contributed by atoms with Gasteiger partial charge in [0.1, 0.15) is 11.5 Å². The number of rotatable bonds is 7. The average molecular weight is 299 g/mol. The first kappa shape index (κ1) is 15.9. The van der Waals surface area contributed by atoms with Crippen molar-refractivity contribution in [2.24, 2.45) is 0 Å². The number of amides is 1. The van der Waals surface area contributed by atoms with E-state index in [0.29, 0.717) is 13.0 Å². The summed E-state index contributed by atoms with van der Waals surface area (Å²) < 4.78 is 10.6. The summed E-state index contributed by atoms with van der Waals surface area (Å²) in [6.07, 6.45) is 1.30. The lowest BCUT2D eigenvalue weighted by Gasteiger charge is -2.08. The molecule has 4 heteroatoms. The van der Waals surface area contributed by atoms with Gasteiger partial charge in [0.2, 0.25) is 5.91 Å². The van der Waals surface area contributed by atoms with Gasteiger partial charge in [0.15, 0.2) is 0 Å². The molecule has 2 aromatic carbocycles. The van der Waals surface area contributed by atoms with E-state index < -0.39 is 0 Å². The third kappa shape index (κ3) is 4.81. The van der Waals surface area contributed by atoms with Crippen LogP contribution < -0.4 is 14.8 Å². The molecule has 0 atom stereocenters. The fraction of sp³-hybridized carbons (Fsp3) is 0.278. The van der Waals surface area contributed by atoms with Gasteiger partial charge in [0, 0.05) is 5.69 Å². The molecule has 1 amide bonds. The van der Waals surface area contributed by atoms with Gasteiger partial charge in [-0.05, 0) is 48.4 Å². The Morgan fingerprint density at radius 3 is 2.23 bits per heavy atom. The van der Waals surface area contributed by atoms with Gasteiger partial charge >= 0.3 is 0 Å². The Hall–Kier alpha value is -2.49. The highest BCUT2D eigenvalue weighted by Gasteiger charge is 2.03. The van der Waals surface area contributed by atoms with E-state index in [1.807, 2.05) is 48.5 Å². The Morgan fingerprint density at radius 2 is 1.64 bits per heavy atom. The quantitative estimate of drug-likeness (QED) is 0.848. The van der Waals surface area contributed by atoms with Crippen molar-refractivity contribution in [3.8, 4) is 11.5 Å². The van der Waals surface area contributed by atoms with Crippen LogP contribution in [0.2, 0.25) is 0 Å². The number of hydrogen-bond donors (Lipinski definition) is 1. The van der Waals surface area contributed by atoms with Gasteiger partial charge in [0.05, 0.1) is 20.1 Å². The predicted octanol–water partition coefficient (Wildman–Crippen LogP) is 3.67. The van der Waals surface area contributed by atoms with Crippen LogP contribution in [0.25, 0.3) is 0 Å². The average Bonchev–Trinajstić information content (AvgIpc) is 2.56. The van der Waals surface area contributed by atoms with Crippen molar-refractivity contribution < 1.29 is 14.3 Å². The number of aryl methyl sites for hydroxylation is 1. The summed E-state index contributed by atoms with van der Waals surface area (Å²) in [5.74, 6) is 1.44. The molecule has 0 radical (unpaired) electrons. The van der Waals surface area contributed by atoms with Crippen LogP contribution in [-0.2, 0) is 11.2 Å². The molecule has 0 heterocycles. The van der Waals surface area contributed by atoms with Crippen molar-refractivity contribution in [3.63, 3.8) is 0 Å². The minimum atomic E-state index is -0.0576. The van der Waals surface area contributed by atoms with Crippen LogP contribution in [-0.4, -0.2) is 19.6 Å². The highest BCUT2D eigenvalue weighted by atomic mass is 16.5. The third-order valence-corrected chi connectivity index (χ3v) is 3.30. The molecule has 1 N–H and O–H groups in total. The fourth-order valence-corrected chi connectivity index (χ4v) is 1.98. The van der Waals surface area contributed by atoms with Crippen LogP contribution in [0.15, 0.2) is 48.5 Å². The van der Waals surface area contributed by atoms with Gasteiger partial charge in [-0.1, -0.05) is 19.1 Å². The number of carbonyl (C=O) groups excluding carboxylic acids is 1. The summed E-state index contributed by atoms with van der Waals surface area (Å²) in [6, 6.07) is 15.2. The van der Waals surface area contributed by atoms with E-state index in [0.717, 1.165) is 23.6 Å². The van der Waals surface area contributed by atoms with Gasteiger partial charge in [0.25, 0.3) is 0 Å². The Balaban J connectivity index is 1.74. The molecule has 0 saturated heterocycles. The second-order valence-corrected chi connectivity index (χ2v) is 4.87. The van der Waals surface area contributed by atoms with Crippen LogP contribution in [0.3, 0.4) is 0 Å². The molecule has 0 saturated carbocycles. The molecule has 0 unspecified atom stereocenters. The molecule has 0 aromatic heterocycles. The molecule has 0 fully saturated rings. The van der Waals surface area contributed by atoms with Gasteiger partial charge in [-0.15, -0.1) is 0 Å². The molecule has 22 heavy (non-hydrogen) atoms. The lowest BCUT2D eigenvalue weighted by atomic mass is 10.1. The first-order valence-corrected chi connectivity index (χ1v) is 7.37. The van der Waals surface area contributed by atoms with Crippen molar-refractivity contribution in [2.75, 3.05) is 19.0 Å². The second kappa shape index (κ2) is 8.08. The number of benzene rings is 2. The zero-order chi connectivity index (χ0) is 15.8. The van der Waals surface area contributed by atoms with Crippen LogP contribution in [0.4, 0.5) is 5.69 Å². The van der Waals surface area contributed by atoms with Crippen molar-refractivity contribution in [1.82, 2.24) is 0 Å². The number of methoxy groups -OCH3 is 1. The summed E-state index contributed by atoms with van der Waals surface area (Å²) >= 11 is 0. The molecule has 116 valence electrons. The van der Waals surface area contributed by atoms with Gasteiger partial charge < -0.3 is 14.8 Å². The highest BCUT2D eigenvalue weighted by molar-refractivity contribution is 5.90. The van der Waals surface area contributed by atoms with Crippen molar-refractivity contribution >= 4 is 11.6 Å². The standard InChI is InChI=1S/C18H21NO3/c1-3-14-4-6-15(7-5-14)19-18(20)12-13-22-17-10-8-16(21-2)9-11-17/h4-11H,3,12-13H2,1-2H3,(H,19,20). The van der Waals surface area contributed by atoms with E-state index in [1.54, 1.807) is 7.11 Å². The largest absolute Gasteiger partial charge is 0.497 e. The maximum absolute atomic E-state index is 11.8. The van der Waals surface area contributed by atoms with E-state index >= 15 is 0 Å². The molecule has 0 bridgehead atoms. The topological polar surface area (TPSA) is 47.6 Å². The first-order chi connectivity index (χ1) is 10.7. The van der Waals surface area contributed by atoms with E-state index in [-0.39, 0.29) is 5.91 Å². The number of ether oxygens (including phenoxy) is 2. The van der Waals surface area contributed by atoms with Crippen LogP contribution in [0.1, 0.15) is 18.9 Å². The first-order valence-electron chi connectivity index (χ1n) is 7.37. The minimum Gasteiger partial charge on any atom is -0.497 e. The monoisotopic (exact) mass is 299 g/mol. The number of nitrogens with one attached hydrogen (secondary N) is 1. The van der Waals surface area contributed by atoms with Crippen LogP contribution in [0.5, 0.6) is 11.5 Å². The van der Waals surface area contributed by atoms with Crippen LogP contribution in [0, 0.1) is 0 Å². The van der Waals surface area contributed by atoms with Crippen molar-refractivity contribution in [3.05, 3.63) is 54.1 Å². The summed E-state index contributed by atoms with van der Waals surface area (Å²) in [4.78, 5) is 11.8. The van der Waals surface area contributed by atoms with Gasteiger partial charge in [-0.3, -0.25) is 4.79 Å². The van der Waals surface area contributed by atoms with E-state index in [2.05, 4.69) is 12.2 Å². The molecular formula is C18H21NO3. The third-order valence-electron chi connectivity index (χ3n) is 3.30. The number of hydrogen-bond acceptors (Lipinski definition) is 3. The molecular weight excluding hydrogens is 278 g/mol. The number of carbonyl (C=O) groups is 1. The molecule has 0 aliphatic heterocycles. The van der Waals surface area contributed by atoms with E-state index in [1.165, 1.54) is 5.56 Å². The Kier molecular flexibility index (Phi) is 5.83. The summed E-state index contributed by atoms with van der Waals surface area (Å²) in [7, 11) is 1.62. The number of anilines is 1. The highest BCUT2D eigenvalue weighted by Crippen LogP contribution is 2.17. The molecule has 0 aliphatic carbocycles. The zero-order valence-corrected chi connectivity index (χ0v) is 13.0. The Morgan fingerprint density at radius 1 is 1.00 bits per heavy atom. The summed E-state index contributed by atoms with van der Waals surface area (Å²) in [6.45, 7) is 2.44.